The molecule has 2 aromatic rings. The van der Waals surface area contributed by atoms with Gasteiger partial charge in [0.2, 0.25) is 0 Å². The maximum absolute atomic E-state index is 13.5. The second-order valence-electron chi connectivity index (χ2n) is 8.18. The van der Waals surface area contributed by atoms with E-state index >= 15 is 0 Å². The first-order chi connectivity index (χ1) is 15.4. The summed E-state index contributed by atoms with van der Waals surface area (Å²) in [5.74, 6) is 0.870. The van der Waals surface area contributed by atoms with Gasteiger partial charge >= 0.3 is 0 Å². The van der Waals surface area contributed by atoms with Gasteiger partial charge in [-0.1, -0.05) is 25.1 Å². The number of dihydropyridines is 1. The molecule has 0 radical (unpaired) electrons. The van der Waals surface area contributed by atoms with Crippen LogP contribution in [0.3, 0.4) is 0 Å². The number of ether oxygens (including phenoxy) is 2. The number of benzene rings is 1. The Balaban J connectivity index is 1.88. The lowest BCUT2D eigenvalue weighted by molar-refractivity contribution is -0.117. The predicted molar refractivity (Wildman–Crippen MR) is 121 cm³/mol. The summed E-state index contributed by atoms with van der Waals surface area (Å²) in [7, 11) is 3.13. The van der Waals surface area contributed by atoms with Gasteiger partial charge in [0.25, 0.3) is 5.91 Å². The quantitative estimate of drug-likeness (QED) is 0.742. The fraction of sp³-hybridized carbons (Fsp3) is 0.320. The number of methoxy groups -OCH3 is 2. The fourth-order valence-electron chi connectivity index (χ4n) is 4.61. The number of ketones is 1. The number of carbonyl (C=O) groups excluding carboxylic acids is 2. The molecule has 166 valence electrons. The highest BCUT2D eigenvalue weighted by molar-refractivity contribution is 6.09. The van der Waals surface area contributed by atoms with Crippen LogP contribution in [0.1, 0.15) is 38.2 Å². The number of pyridine rings is 1. The number of amides is 1. The van der Waals surface area contributed by atoms with E-state index in [1.807, 2.05) is 19.1 Å². The minimum Gasteiger partial charge on any atom is -0.493 e. The number of hydrogen-bond donors (Lipinski definition) is 2. The van der Waals surface area contributed by atoms with Gasteiger partial charge in [0.1, 0.15) is 5.82 Å². The molecule has 4 rings (SSSR count). The van der Waals surface area contributed by atoms with Crippen molar-refractivity contribution in [3.05, 3.63) is 70.7 Å². The molecule has 1 aromatic heterocycles. The van der Waals surface area contributed by atoms with Crippen LogP contribution in [0.4, 0.5) is 5.82 Å². The van der Waals surface area contributed by atoms with E-state index in [1.165, 1.54) is 0 Å². The van der Waals surface area contributed by atoms with Crippen LogP contribution in [0.25, 0.3) is 0 Å². The van der Waals surface area contributed by atoms with Crippen LogP contribution in [0, 0.1) is 5.92 Å². The average Bonchev–Trinajstić information content (AvgIpc) is 2.77. The number of hydrogen-bond acceptors (Lipinski definition) is 6. The van der Waals surface area contributed by atoms with Crippen molar-refractivity contribution in [3.8, 4) is 11.5 Å². The van der Waals surface area contributed by atoms with Crippen LogP contribution in [0.15, 0.2) is 65.1 Å². The van der Waals surface area contributed by atoms with E-state index in [1.54, 1.807) is 44.7 Å². The Labute approximate surface area is 187 Å². The molecule has 0 fully saturated rings. The van der Waals surface area contributed by atoms with Gasteiger partial charge in [-0.2, -0.15) is 0 Å². The van der Waals surface area contributed by atoms with E-state index in [0.29, 0.717) is 46.1 Å². The Morgan fingerprint density at radius 1 is 1.12 bits per heavy atom. The Bertz CT molecular complexity index is 1120. The third-order valence-electron chi connectivity index (χ3n) is 5.93. The van der Waals surface area contributed by atoms with Gasteiger partial charge in [0.15, 0.2) is 17.3 Å². The molecule has 2 N–H and O–H groups in total. The second-order valence-corrected chi connectivity index (χ2v) is 8.18. The number of nitrogens with zero attached hydrogens (tertiary/aromatic N) is 1. The number of allylic oxidation sites excluding steroid dienone is 3. The summed E-state index contributed by atoms with van der Waals surface area (Å²) >= 11 is 0. The number of Topliss-reactive ketones (excluding diaryl/α,β-unsaturated/α-hetero) is 1. The summed E-state index contributed by atoms with van der Waals surface area (Å²) in [6.45, 7) is 3.92. The normalized spacial score (nSPS) is 20.4. The molecule has 7 heteroatoms. The number of para-hydroxylation sites is 1. The zero-order valence-corrected chi connectivity index (χ0v) is 18.7. The third-order valence-corrected chi connectivity index (χ3v) is 5.93. The van der Waals surface area contributed by atoms with Crippen molar-refractivity contribution >= 4 is 17.5 Å². The van der Waals surface area contributed by atoms with Gasteiger partial charge < -0.3 is 20.1 Å². The highest BCUT2D eigenvalue weighted by atomic mass is 16.5. The van der Waals surface area contributed by atoms with Gasteiger partial charge in [-0.15, -0.1) is 0 Å². The smallest absolute Gasteiger partial charge is 0.255 e. The van der Waals surface area contributed by atoms with Crippen molar-refractivity contribution in [2.45, 2.75) is 32.6 Å². The van der Waals surface area contributed by atoms with Crippen molar-refractivity contribution in [3.63, 3.8) is 0 Å². The molecule has 1 aliphatic heterocycles. The summed E-state index contributed by atoms with van der Waals surface area (Å²) < 4.78 is 11.2. The third kappa shape index (κ3) is 3.86. The Morgan fingerprint density at radius 3 is 2.62 bits per heavy atom. The molecule has 0 unspecified atom stereocenters. The van der Waals surface area contributed by atoms with Gasteiger partial charge in [0.05, 0.1) is 20.1 Å². The second kappa shape index (κ2) is 8.86. The molecule has 0 saturated heterocycles. The van der Waals surface area contributed by atoms with Gasteiger partial charge in [-0.3, -0.25) is 9.59 Å². The lowest BCUT2D eigenvalue weighted by Crippen LogP contribution is -2.37. The minimum atomic E-state index is -0.583. The molecule has 0 bridgehead atoms. The summed E-state index contributed by atoms with van der Waals surface area (Å²) in [6, 6.07) is 10.8. The SMILES string of the molecule is COc1cccc([C@@H]2C(C(=O)Nc3ccccn3)=C(C)NC3=C2C(=O)C[C@@H](C)C3)c1OC. The first-order valence-electron chi connectivity index (χ1n) is 10.6. The standard InChI is InChI=1S/C25H27N3O4/c1-14-12-17-23(18(29)13-14)22(16-8-7-9-19(31-3)24(16)32-4)21(15(2)27-17)25(30)28-20-10-5-6-11-26-20/h5-11,14,22,27H,12-13H2,1-4H3,(H,26,28,30)/t14-,22+/m0/s1. The predicted octanol–water partition coefficient (Wildman–Crippen LogP) is 3.95. The summed E-state index contributed by atoms with van der Waals surface area (Å²) in [5.41, 5.74) is 3.37. The Kier molecular flexibility index (Phi) is 5.99. The van der Waals surface area contributed by atoms with Crippen molar-refractivity contribution in [2.75, 3.05) is 19.5 Å². The van der Waals surface area contributed by atoms with Crippen LogP contribution >= 0.6 is 0 Å². The van der Waals surface area contributed by atoms with Crippen LogP contribution < -0.4 is 20.1 Å². The summed E-state index contributed by atoms with van der Waals surface area (Å²) in [5, 5.41) is 6.22. The Hall–Kier alpha value is -3.61. The number of aromatic nitrogens is 1. The maximum atomic E-state index is 13.5. The monoisotopic (exact) mass is 433 g/mol. The summed E-state index contributed by atoms with van der Waals surface area (Å²) in [6.07, 6.45) is 2.80. The van der Waals surface area contributed by atoms with E-state index in [2.05, 4.69) is 22.5 Å². The molecule has 0 saturated carbocycles. The van der Waals surface area contributed by atoms with Crippen LogP contribution in [-0.2, 0) is 9.59 Å². The largest absolute Gasteiger partial charge is 0.493 e. The average molecular weight is 434 g/mol. The zero-order chi connectivity index (χ0) is 22.8. The molecule has 2 atom stereocenters. The Morgan fingerprint density at radius 2 is 1.94 bits per heavy atom. The van der Waals surface area contributed by atoms with E-state index in [0.717, 1.165) is 12.1 Å². The molecule has 0 spiro atoms. The molecular weight excluding hydrogens is 406 g/mol. The van der Waals surface area contributed by atoms with E-state index in [-0.39, 0.29) is 17.6 Å². The van der Waals surface area contributed by atoms with Crippen molar-refractivity contribution in [1.29, 1.82) is 0 Å². The molecule has 32 heavy (non-hydrogen) atoms. The zero-order valence-electron chi connectivity index (χ0n) is 18.7. The summed E-state index contributed by atoms with van der Waals surface area (Å²) in [4.78, 5) is 31.0. The van der Waals surface area contributed by atoms with Gasteiger partial charge in [-0.25, -0.2) is 4.98 Å². The van der Waals surface area contributed by atoms with E-state index in [4.69, 9.17) is 9.47 Å². The van der Waals surface area contributed by atoms with Crippen molar-refractivity contribution in [1.82, 2.24) is 10.3 Å². The van der Waals surface area contributed by atoms with Crippen LogP contribution in [0.5, 0.6) is 11.5 Å². The highest BCUT2D eigenvalue weighted by Gasteiger charge is 2.41. The number of nitrogens with one attached hydrogen (secondary N) is 2. The highest BCUT2D eigenvalue weighted by Crippen LogP contribution is 2.48. The molecule has 1 aliphatic carbocycles. The first kappa shape index (κ1) is 21.6. The first-order valence-corrected chi connectivity index (χ1v) is 10.6. The molecule has 2 aliphatic rings. The number of carbonyl (C=O) groups is 2. The molecule has 2 heterocycles. The molecule has 1 aromatic carbocycles. The number of rotatable bonds is 5. The van der Waals surface area contributed by atoms with Crippen molar-refractivity contribution < 1.29 is 19.1 Å². The van der Waals surface area contributed by atoms with E-state index < -0.39 is 5.92 Å². The fourth-order valence-corrected chi connectivity index (χ4v) is 4.61. The molecule has 7 nitrogen and oxygen atoms in total. The minimum absolute atomic E-state index is 0.0387. The number of anilines is 1. The van der Waals surface area contributed by atoms with Crippen LogP contribution in [-0.4, -0.2) is 30.9 Å². The maximum Gasteiger partial charge on any atom is 0.255 e. The van der Waals surface area contributed by atoms with Crippen LogP contribution in [0.2, 0.25) is 0 Å². The lowest BCUT2D eigenvalue weighted by Gasteiger charge is -2.36. The van der Waals surface area contributed by atoms with E-state index in [9.17, 15) is 9.59 Å². The van der Waals surface area contributed by atoms with Gasteiger partial charge in [-0.05, 0) is 37.5 Å². The molecule has 1 amide bonds. The van der Waals surface area contributed by atoms with Gasteiger partial charge in [0, 0.05) is 40.7 Å². The lowest BCUT2D eigenvalue weighted by atomic mass is 9.72. The topological polar surface area (TPSA) is 89.5 Å². The molecular formula is C25H27N3O4. The van der Waals surface area contributed by atoms with Crippen molar-refractivity contribution in [2.24, 2.45) is 5.92 Å².